The monoisotopic (exact) mass is 480 g/mol. The Morgan fingerprint density at radius 2 is 1.58 bits per heavy atom. The van der Waals surface area contributed by atoms with Gasteiger partial charge in [0.1, 0.15) is 5.58 Å². The minimum absolute atomic E-state index is 0.0802. The van der Waals surface area contributed by atoms with Crippen LogP contribution in [0.15, 0.2) is 83.4 Å². The summed E-state index contributed by atoms with van der Waals surface area (Å²) in [5.41, 5.74) is 3.04. The first-order valence-electron chi connectivity index (χ1n) is 17.3. The highest BCUT2D eigenvalue weighted by Gasteiger charge is 2.17. The van der Waals surface area contributed by atoms with E-state index in [2.05, 4.69) is 9.97 Å². The van der Waals surface area contributed by atoms with Crippen molar-refractivity contribution in [1.82, 2.24) is 9.97 Å². The summed E-state index contributed by atoms with van der Waals surface area (Å²) < 4.78 is 102. The van der Waals surface area contributed by atoms with E-state index in [0.29, 0.717) is 44.3 Å². The molecule has 3 aromatic heterocycles. The first-order valence-corrected chi connectivity index (χ1v) is 11.3. The van der Waals surface area contributed by atoms with E-state index < -0.39 is 27.4 Å². The molecule has 0 saturated heterocycles. The number of nitrogens with zero attached hydrogens (tertiary/aromatic N) is 2. The number of fused-ring (bicyclic) bond motifs is 3. The van der Waals surface area contributed by atoms with Crippen LogP contribution in [0.5, 0.6) is 0 Å². The van der Waals surface area contributed by atoms with Crippen LogP contribution < -0.4 is 0 Å². The Bertz CT molecular complexity index is 2190. The minimum atomic E-state index is -2.66. The van der Waals surface area contributed by atoms with Gasteiger partial charge in [0.2, 0.25) is 5.71 Å². The molecule has 0 unspecified atom stereocenters. The van der Waals surface area contributed by atoms with E-state index in [0.717, 1.165) is 0 Å². The molecule has 0 spiro atoms. The summed E-state index contributed by atoms with van der Waals surface area (Å²) in [7, 11) is 0. The van der Waals surface area contributed by atoms with E-state index in [4.69, 9.17) is 20.9 Å². The van der Waals surface area contributed by atoms with Crippen LogP contribution in [-0.4, -0.2) is 9.97 Å². The summed E-state index contributed by atoms with van der Waals surface area (Å²) in [5.74, 6) is 0. The van der Waals surface area contributed by atoms with Crippen LogP contribution in [-0.2, 0) is 0 Å². The molecule has 0 fully saturated rings. The van der Waals surface area contributed by atoms with Crippen LogP contribution >= 0.6 is 0 Å². The van der Waals surface area contributed by atoms with Crippen molar-refractivity contribution in [2.45, 2.75) is 34.3 Å². The van der Waals surface area contributed by atoms with Gasteiger partial charge in [0, 0.05) is 44.7 Å². The van der Waals surface area contributed by atoms with Crippen LogP contribution in [0.4, 0.5) is 0 Å². The first kappa shape index (κ1) is 12.6. The summed E-state index contributed by atoms with van der Waals surface area (Å²) in [6.07, 6.45) is 1.22. The second-order valence-electron chi connectivity index (χ2n) is 8.74. The molecule has 0 bridgehead atoms. The van der Waals surface area contributed by atoms with E-state index in [-0.39, 0.29) is 39.2 Å². The average Bonchev–Trinajstić information content (AvgIpc) is 3.37. The van der Waals surface area contributed by atoms with Crippen LogP contribution in [0.25, 0.3) is 55.6 Å². The Morgan fingerprint density at radius 1 is 0.722 bits per heavy atom. The zero-order valence-electron chi connectivity index (χ0n) is 31.3. The van der Waals surface area contributed by atoms with Gasteiger partial charge in [-0.3, -0.25) is 4.98 Å². The van der Waals surface area contributed by atoms with Crippen molar-refractivity contribution in [3.8, 4) is 33.5 Å². The molecule has 0 aliphatic rings. The second kappa shape index (κ2) is 8.46. The molecule has 3 nitrogen and oxygen atoms in total. The summed E-state index contributed by atoms with van der Waals surface area (Å²) >= 11 is 0. The first-order chi connectivity index (χ1) is 22.2. The van der Waals surface area contributed by atoms with Gasteiger partial charge in [0.25, 0.3) is 0 Å². The summed E-state index contributed by atoms with van der Waals surface area (Å²) in [6.45, 7) is -8.34. The molecule has 0 N–H and O–H groups in total. The molecule has 0 amide bonds. The van der Waals surface area contributed by atoms with Crippen molar-refractivity contribution in [1.29, 1.82) is 0 Å². The van der Waals surface area contributed by atoms with Gasteiger partial charge < -0.3 is 4.42 Å². The van der Waals surface area contributed by atoms with Gasteiger partial charge in [-0.25, -0.2) is 4.98 Å². The van der Waals surface area contributed by atoms with Gasteiger partial charge in [-0.05, 0) is 97.5 Å². The van der Waals surface area contributed by atoms with Gasteiger partial charge in [-0.15, -0.1) is 0 Å². The lowest BCUT2D eigenvalue weighted by atomic mass is 9.89. The Hall–Kier alpha value is -4.24. The van der Waals surface area contributed by atoms with Gasteiger partial charge in [0.15, 0.2) is 0 Å². The smallest absolute Gasteiger partial charge is 0.227 e. The molecular weight excluding hydrogens is 440 g/mol. The van der Waals surface area contributed by atoms with E-state index >= 15 is 0 Å². The number of aryl methyl sites for hydroxylation is 5. The average molecular weight is 481 g/mol. The third-order valence-electron chi connectivity index (χ3n) is 6.37. The number of para-hydroxylation sites is 1. The van der Waals surface area contributed by atoms with Gasteiger partial charge in [-0.1, -0.05) is 54.1 Å². The Morgan fingerprint density at radius 3 is 2.39 bits per heavy atom. The Labute approximate surface area is 228 Å². The third kappa shape index (κ3) is 3.68. The van der Waals surface area contributed by atoms with Gasteiger partial charge in [0.05, 0.1) is 5.69 Å². The lowest BCUT2D eigenvalue weighted by Gasteiger charge is -2.16. The van der Waals surface area contributed by atoms with Crippen LogP contribution in [0.1, 0.15) is 44.4 Å². The standard InChI is InChI=1S/C33H28N2O/c1-19-9-12-24(13-10-19)25-15-20(2)31(21(3)16-25)29-17-30(34-18-22(29)4)28-8-6-7-26-27-14-11-23(5)35-33(27)36-32(26)28/h6-18H,1-5H3/i1D3,2D3,4D3,5D3. The Kier molecular flexibility index (Phi) is 2.97. The van der Waals surface area contributed by atoms with Crippen molar-refractivity contribution in [2.75, 3.05) is 0 Å². The van der Waals surface area contributed by atoms with Crippen molar-refractivity contribution in [3.05, 3.63) is 107 Å². The predicted octanol–water partition coefficient (Wildman–Crippen LogP) is 8.92. The molecule has 3 heteroatoms. The molecule has 0 atom stereocenters. The normalized spacial score (nSPS) is 17.8. The molecule has 6 rings (SSSR count). The largest absolute Gasteiger partial charge is 0.437 e. The summed E-state index contributed by atoms with van der Waals surface area (Å²) in [4.78, 5) is 8.69. The number of rotatable bonds is 3. The molecule has 36 heavy (non-hydrogen) atoms. The number of furan rings is 1. The van der Waals surface area contributed by atoms with E-state index in [1.807, 2.05) is 0 Å². The highest BCUT2D eigenvalue weighted by atomic mass is 16.3. The van der Waals surface area contributed by atoms with Crippen LogP contribution in [0.3, 0.4) is 0 Å². The number of pyridine rings is 2. The fraction of sp³-hybridized carbons (Fsp3) is 0.152. The van der Waals surface area contributed by atoms with Crippen LogP contribution in [0, 0.1) is 34.3 Å². The quantitative estimate of drug-likeness (QED) is 0.254. The fourth-order valence-electron chi connectivity index (χ4n) is 4.66. The van der Waals surface area contributed by atoms with Crippen molar-refractivity contribution >= 4 is 22.1 Å². The zero-order valence-corrected chi connectivity index (χ0v) is 19.3. The highest BCUT2D eigenvalue weighted by molar-refractivity contribution is 6.08. The topological polar surface area (TPSA) is 38.9 Å². The SMILES string of the molecule is [2H]C([2H])([2H])c1ccc(-c2cc(C)c(-c3cc(-c4cccc5c4oc4nc(C([2H])([2H])[2H])ccc45)ncc3C([2H])([2H])[2H])c(C([2H])([2H])[2H])c2)cc1. The summed E-state index contributed by atoms with van der Waals surface area (Å²) in [5, 5.41) is 1.23. The third-order valence-corrected chi connectivity index (χ3v) is 6.37. The maximum absolute atomic E-state index is 8.45. The fourth-order valence-corrected chi connectivity index (χ4v) is 4.66. The molecule has 3 heterocycles. The lowest BCUT2D eigenvalue weighted by Crippen LogP contribution is -1.95. The Balaban J connectivity index is 1.57. The van der Waals surface area contributed by atoms with Crippen LogP contribution in [0.2, 0.25) is 0 Å². The molecular formula is C33H28N2O. The number of hydrogen-bond acceptors (Lipinski definition) is 3. The predicted molar refractivity (Wildman–Crippen MR) is 149 cm³/mol. The number of aromatic nitrogens is 2. The molecule has 0 aliphatic heterocycles. The molecule has 0 radical (unpaired) electrons. The van der Waals surface area contributed by atoms with E-state index in [1.165, 1.54) is 36.5 Å². The lowest BCUT2D eigenvalue weighted by molar-refractivity contribution is 0.653. The minimum Gasteiger partial charge on any atom is -0.437 e. The molecule has 6 aromatic rings. The molecule has 176 valence electrons. The molecule has 3 aromatic carbocycles. The zero-order chi connectivity index (χ0) is 35.0. The number of benzene rings is 3. The maximum Gasteiger partial charge on any atom is 0.227 e. The van der Waals surface area contributed by atoms with Gasteiger partial charge in [-0.2, -0.15) is 0 Å². The highest BCUT2D eigenvalue weighted by Crippen LogP contribution is 2.38. The van der Waals surface area contributed by atoms with Crippen molar-refractivity contribution in [3.63, 3.8) is 0 Å². The van der Waals surface area contributed by atoms with E-state index in [9.17, 15) is 0 Å². The molecule has 0 aliphatic carbocycles. The second-order valence-corrected chi connectivity index (χ2v) is 8.74. The maximum atomic E-state index is 8.45. The molecule has 0 saturated carbocycles. The van der Waals surface area contributed by atoms with E-state index in [1.54, 1.807) is 49.4 Å². The summed E-state index contributed by atoms with van der Waals surface area (Å²) in [6, 6.07) is 19.2. The van der Waals surface area contributed by atoms with Gasteiger partial charge >= 0.3 is 0 Å². The van der Waals surface area contributed by atoms with Crippen molar-refractivity contribution in [2.24, 2.45) is 0 Å². The van der Waals surface area contributed by atoms with Crippen molar-refractivity contribution < 1.29 is 20.9 Å². The number of hydrogen-bond donors (Lipinski definition) is 0.